The first kappa shape index (κ1) is 12.8. The summed E-state index contributed by atoms with van der Waals surface area (Å²) in [5, 5.41) is 3.71. The van der Waals surface area contributed by atoms with Gasteiger partial charge in [-0.15, -0.1) is 0 Å². The summed E-state index contributed by atoms with van der Waals surface area (Å²) in [5.74, 6) is 2.26. The van der Waals surface area contributed by atoms with Gasteiger partial charge in [-0.05, 0) is 19.2 Å². The van der Waals surface area contributed by atoms with Crippen LogP contribution in [0.3, 0.4) is 0 Å². The molecule has 0 radical (unpaired) electrons. The Hall–Kier alpha value is -2.21. The molecule has 0 amide bonds. The average molecular weight is 275 g/mol. The van der Waals surface area contributed by atoms with Crippen LogP contribution in [0.25, 0.3) is 11.3 Å². The van der Waals surface area contributed by atoms with Crippen LogP contribution in [-0.2, 0) is 0 Å². The highest BCUT2D eigenvalue weighted by Crippen LogP contribution is 2.39. The fourth-order valence-corrected chi connectivity index (χ4v) is 2.29. The van der Waals surface area contributed by atoms with E-state index in [0.717, 1.165) is 18.7 Å². The van der Waals surface area contributed by atoms with Crippen molar-refractivity contribution in [3.05, 3.63) is 24.3 Å². The van der Waals surface area contributed by atoms with E-state index in [2.05, 4.69) is 17.1 Å². The minimum Gasteiger partial charge on any atom is -0.493 e. The molecule has 1 aliphatic rings. The zero-order valence-corrected chi connectivity index (χ0v) is 11.5. The van der Waals surface area contributed by atoms with Gasteiger partial charge in [0, 0.05) is 19.2 Å². The number of anilines is 1. The van der Waals surface area contributed by atoms with Crippen molar-refractivity contribution in [2.24, 2.45) is 0 Å². The number of hydrogen-bond donors (Lipinski definition) is 1. The number of likely N-dealkylation sites (N-methyl/N-ethyl adjacent to an activating group) is 1. The number of hydrogen-bond acceptors (Lipinski definition) is 6. The van der Waals surface area contributed by atoms with Gasteiger partial charge in [0.05, 0.1) is 12.7 Å². The number of nitrogen functional groups attached to an aromatic ring is 1. The van der Waals surface area contributed by atoms with E-state index in [0.29, 0.717) is 23.1 Å². The van der Waals surface area contributed by atoms with Gasteiger partial charge in [0.15, 0.2) is 23.1 Å². The molecule has 1 saturated heterocycles. The van der Waals surface area contributed by atoms with Gasteiger partial charge in [-0.3, -0.25) is 4.90 Å². The first-order valence-electron chi connectivity index (χ1n) is 6.42. The van der Waals surface area contributed by atoms with Crippen LogP contribution in [0.2, 0.25) is 0 Å². The molecule has 2 N–H and O–H groups in total. The molecule has 0 aliphatic carbocycles. The standard InChI is InChI=1S/C14H17N3O3/c1-17-7-9(8-17)19-14-10(4-3-5-11(14)18-2)12-6-13(15)16-20-12/h3-6,9H,7-8H2,1-2H3,(H2,15,16). The summed E-state index contributed by atoms with van der Waals surface area (Å²) in [4.78, 5) is 2.19. The number of aromatic nitrogens is 1. The number of likely N-dealkylation sites (tertiary alicyclic amines) is 1. The second kappa shape index (κ2) is 5.05. The number of benzene rings is 1. The molecule has 0 saturated carbocycles. The van der Waals surface area contributed by atoms with Crippen molar-refractivity contribution in [1.29, 1.82) is 0 Å². The van der Waals surface area contributed by atoms with Gasteiger partial charge in [0.1, 0.15) is 6.10 Å². The number of ether oxygens (including phenoxy) is 2. The second-order valence-electron chi connectivity index (χ2n) is 4.91. The number of nitrogens with zero attached hydrogens (tertiary/aromatic N) is 2. The van der Waals surface area contributed by atoms with E-state index < -0.39 is 0 Å². The molecule has 6 heteroatoms. The fourth-order valence-electron chi connectivity index (χ4n) is 2.29. The van der Waals surface area contributed by atoms with Gasteiger partial charge in [0.25, 0.3) is 0 Å². The van der Waals surface area contributed by atoms with Crippen molar-refractivity contribution in [3.63, 3.8) is 0 Å². The molecular weight excluding hydrogens is 258 g/mol. The third-order valence-electron chi connectivity index (χ3n) is 3.31. The number of rotatable bonds is 4. The van der Waals surface area contributed by atoms with Gasteiger partial charge in [-0.1, -0.05) is 11.2 Å². The van der Waals surface area contributed by atoms with Crippen LogP contribution in [-0.4, -0.2) is 43.4 Å². The molecule has 0 atom stereocenters. The summed E-state index contributed by atoms with van der Waals surface area (Å²) >= 11 is 0. The van der Waals surface area contributed by atoms with Crippen LogP contribution >= 0.6 is 0 Å². The normalized spacial score (nSPS) is 15.9. The largest absolute Gasteiger partial charge is 0.493 e. The van der Waals surface area contributed by atoms with E-state index in [-0.39, 0.29) is 6.10 Å². The van der Waals surface area contributed by atoms with Crippen molar-refractivity contribution in [1.82, 2.24) is 10.1 Å². The Morgan fingerprint density at radius 1 is 1.40 bits per heavy atom. The van der Waals surface area contributed by atoms with Gasteiger partial charge in [-0.25, -0.2) is 0 Å². The Kier molecular flexibility index (Phi) is 3.23. The fraction of sp³-hybridized carbons (Fsp3) is 0.357. The van der Waals surface area contributed by atoms with Crippen LogP contribution in [0, 0.1) is 0 Å². The van der Waals surface area contributed by atoms with Crippen molar-refractivity contribution in [2.75, 3.05) is 33.0 Å². The van der Waals surface area contributed by atoms with Gasteiger partial charge in [-0.2, -0.15) is 0 Å². The molecule has 1 fully saturated rings. The molecule has 1 aromatic heterocycles. The lowest BCUT2D eigenvalue weighted by molar-refractivity contribution is 0.0373. The Morgan fingerprint density at radius 2 is 2.20 bits per heavy atom. The predicted octanol–water partition coefficient (Wildman–Crippen LogP) is 1.63. The highest BCUT2D eigenvalue weighted by molar-refractivity contribution is 5.71. The smallest absolute Gasteiger partial charge is 0.172 e. The highest BCUT2D eigenvalue weighted by Gasteiger charge is 2.27. The van der Waals surface area contributed by atoms with E-state index in [9.17, 15) is 0 Å². The molecule has 2 heterocycles. The lowest BCUT2D eigenvalue weighted by Gasteiger charge is -2.36. The topological polar surface area (TPSA) is 73.8 Å². The van der Waals surface area contributed by atoms with Crippen LogP contribution in [0.15, 0.2) is 28.8 Å². The quantitative estimate of drug-likeness (QED) is 0.914. The van der Waals surface area contributed by atoms with Crippen LogP contribution in [0.5, 0.6) is 11.5 Å². The minimum absolute atomic E-state index is 0.162. The Labute approximate surface area is 117 Å². The molecule has 20 heavy (non-hydrogen) atoms. The number of methoxy groups -OCH3 is 1. The number of nitrogens with two attached hydrogens (primary N) is 1. The summed E-state index contributed by atoms with van der Waals surface area (Å²) in [6.07, 6.45) is 0.162. The third kappa shape index (κ3) is 2.30. The maximum absolute atomic E-state index is 6.04. The van der Waals surface area contributed by atoms with Crippen molar-refractivity contribution < 1.29 is 14.0 Å². The van der Waals surface area contributed by atoms with Crippen LogP contribution in [0.4, 0.5) is 5.82 Å². The SMILES string of the molecule is COc1cccc(-c2cc(N)no2)c1OC1CN(C)C1. The van der Waals surface area contributed by atoms with Gasteiger partial charge < -0.3 is 19.7 Å². The molecule has 3 rings (SSSR count). The van der Waals surface area contributed by atoms with Crippen LogP contribution in [0.1, 0.15) is 0 Å². The first-order valence-corrected chi connectivity index (χ1v) is 6.42. The molecule has 0 spiro atoms. The van der Waals surface area contributed by atoms with Crippen LogP contribution < -0.4 is 15.2 Å². The molecular formula is C14H17N3O3. The highest BCUT2D eigenvalue weighted by atomic mass is 16.5. The molecule has 6 nitrogen and oxygen atoms in total. The van der Waals surface area contributed by atoms with Crippen molar-refractivity contribution >= 4 is 5.82 Å². The van der Waals surface area contributed by atoms with E-state index in [1.54, 1.807) is 13.2 Å². The first-order chi connectivity index (χ1) is 9.67. The van der Waals surface area contributed by atoms with E-state index in [1.807, 2.05) is 18.2 Å². The predicted molar refractivity (Wildman–Crippen MR) is 74.8 cm³/mol. The Morgan fingerprint density at radius 3 is 2.80 bits per heavy atom. The van der Waals surface area contributed by atoms with Gasteiger partial charge in [0.2, 0.25) is 0 Å². The summed E-state index contributed by atoms with van der Waals surface area (Å²) in [6, 6.07) is 7.32. The summed E-state index contributed by atoms with van der Waals surface area (Å²) < 4.78 is 16.6. The van der Waals surface area contributed by atoms with Crippen molar-refractivity contribution in [3.8, 4) is 22.8 Å². The summed E-state index contributed by atoms with van der Waals surface area (Å²) in [6.45, 7) is 1.80. The van der Waals surface area contributed by atoms with Crippen molar-refractivity contribution in [2.45, 2.75) is 6.10 Å². The number of para-hydroxylation sites is 1. The minimum atomic E-state index is 0.162. The van der Waals surface area contributed by atoms with E-state index in [1.165, 1.54) is 0 Å². The molecule has 0 unspecified atom stereocenters. The molecule has 106 valence electrons. The summed E-state index contributed by atoms with van der Waals surface area (Å²) in [7, 11) is 3.67. The third-order valence-corrected chi connectivity index (χ3v) is 3.31. The lowest BCUT2D eigenvalue weighted by atomic mass is 10.1. The zero-order valence-electron chi connectivity index (χ0n) is 11.5. The summed E-state index contributed by atoms with van der Waals surface area (Å²) in [5.41, 5.74) is 6.40. The van der Waals surface area contributed by atoms with E-state index >= 15 is 0 Å². The molecule has 2 aromatic rings. The Balaban J connectivity index is 1.96. The molecule has 0 bridgehead atoms. The Bertz CT molecular complexity index is 605. The average Bonchev–Trinajstić information content (AvgIpc) is 2.83. The lowest BCUT2D eigenvalue weighted by Crippen LogP contribution is -2.51. The van der Waals surface area contributed by atoms with E-state index in [4.69, 9.17) is 19.7 Å². The molecule has 1 aliphatic heterocycles. The monoisotopic (exact) mass is 275 g/mol. The second-order valence-corrected chi connectivity index (χ2v) is 4.91. The maximum atomic E-state index is 6.04. The molecule has 1 aromatic carbocycles. The zero-order chi connectivity index (χ0) is 14.1. The maximum Gasteiger partial charge on any atom is 0.172 e. The van der Waals surface area contributed by atoms with Gasteiger partial charge >= 0.3 is 0 Å².